The number of aliphatic hydroxyl groups is 1. The molecule has 0 spiro atoms. The Morgan fingerprint density at radius 2 is 2.18 bits per heavy atom. The van der Waals surface area contributed by atoms with Gasteiger partial charge in [0.05, 0.1) is 16.8 Å². The standard InChI is InChI=1S/C18H24N2OS/c1-2-18-19-15(13-22-18)12-20-10-6-9-16(20)11-17(21)14-7-4-3-5-8-14/h3-5,7-8,13,16-17,21H,2,6,9-12H2,1H3. The van der Waals surface area contributed by atoms with Crippen LogP contribution >= 0.6 is 11.3 Å². The summed E-state index contributed by atoms with van der Waals surface area (Å²) in [6, 6.07) is 10.5. The van der Waals surface area contributed by atoms with Gasteiger partial charge in [0, 0.05) is 18.0 Å². The van der Waals surface area contributed by atoms with E-state index in [0.29, 0.717) is 6.04 Å². The van der Waals surface area contributed by atoms with Crippen LogP contribution < -0.4 is 0 Å². The molecule has 0 amide bonds. The first-order valence-corrected chi connectivity index (χ1v) is 9.04. The zero-order valence-corrected chi connectivity index (χ0v) is 13.9. The van der Waals surface area contributed by atoms with Crippen molar-refractivity contribution < 1.29 is 5.11 Å². The first kappa shape index (κ1) is 15.7. The Morgan fingerprint density at radius 1 is 1.36 bits per heavy atom. The van der Waals surface area contributed by atoms with Crippen LogP contribution in [-0.2, 0) is 13.0 Å². The lowest BCUT2D eigenvalue weighted by molar-refractivity contribution is 0.117. The van der Waals surface area contributed by atoms with E-state index in [1.807, 2.05) is 30.3 Å². The molecule has 0 bridgehead atoms. The molecule has 2 unspecified atom stereocenters. The lowest BCUT2D eigenvalue weighted by Crippen LogP contribution is -2.30. The van der Waals surface area contributed by atoms with Crippen molar-refractivity contribution in [3.05, 3.63) is 52.0 Å². The second-order valence-electron chi connectivity index (χ2n) is 6.01. The van der Waals surface area contributed by atoms with Crippen molar-refractivity contribution in [2.75, 3.05) is 6.54 Å². The largest absolute Gasteiger partial charge is 0.388 e. The first-order valence-electron chi connectivity index (χ1n) is 8.16. The lowest BCUT2D eigenvalue weighted by atomic mass is 10.0. The zero-order chi connectivity index (χ0) is 15.4. The summed E-state index contributed by atoms with van der Waals surface area (Å²) < 4.78 is 0. The Balaban J connectivity index is 1.60. The highest BCUT2D eigenvalue weighted by atomic mass is 32.1. The topological polar surface area (TPSA) is 36.4 Å². The summed E-state index contributed by atoms with van der Waals surface area (Å²) in [6.45, 7) is 4.19. The van der Waals surface area contributed by atoms with E-state index in [9.17, 15) is 5.11 Å². The van der Waals surface area contributed by atoms with E-state index in [0.717, 1.165) is 31.5 Å². The highest BCUT2D eigenvalue weighted by molar-refractivity contribution is 7.09. The molecule has 2 heterocycles. The molecule has 1 N–H and O–H groups in total. The van der Waals surface area contributed by atoms with Gasteiger partial charge in [0.25, 0.3) is 0 Å². The monoisotopic (exact) mass is 316 g/mol. The van der Waals surface area contributed by atoms with Crippen molar-refractivity contribution in [2.24, 2.45) is 0 Å². The van der Waals surface area contributed by atoms with Gasteiger partial charge in [-0.3, -0.25) is 4.90 Å². The van der Waals surface area contributed by atoms with Crippen molar-refractivity contribution in [1.82, 2.24) is 9.88 Å². The molecule has 1 aromatic carbocycles. The maximum Gasteiger partial charge on any atom is 0.0926 e. The van der Waals surface area contributed by atoms with Crippen LogP contribution in [0.3, 0.4) is 0 Å². The number of aromatic nitrogens is 1. The van der Waals surface area contributed by atoms with Gasteiger partial charge in [0.1, 0.15) is 0 Å². The minimum atomic E-state index is -0.367. The summed E-state index contributed by atoms with van der Waals surface area (Å²) in [7, 11) is 0. The van der Waals surface area contributed by atoms with Crippen molar-refractivity contribution in [2.45, 2.75) is 51.3 Å². The third-order valence-electron chi connectivity index (χ3n) is 4.45. The molecule has 2 aromatic rings. The van der Waals surface area contributed by atoms with Crippen molar-refractivity contribution in [3.63, 3.8) is 0 Å². The molecular weight excluding hydrogens is 292 g/mol. The maximum atomic E-state index is 10.5. The zero-order valence-electron chi connectivity index (χ0n) is 13.1. The second-order valence-corrected chi connectivity index (χ2v) is 6.96. The average Bonchev–Trinajstić information content (AvgIpc) is 3.18. The average molecular weight is 316 g/mol. The fraction of sp³-hybridized carbons (Fsp3) is 0.500. The van der Waals surface area contributed by atoms with Crippen LogP contribution in [0, 0.1) is 0 Å². The van der Waals surface area contributed by atoms with Crippen LogP contribution in [0.4, 0.5) is 0 Å². The number of nitrogens with zero attached hydrogens (tertiary/aromatic N) is 2. The Morgan fingerprint density at radius 3 is 2.91 bits per heavy atom. The van der Waals surface area contributed by atoms with E-state index in [2.05, 4.69) is 22.2 Å². The third-order valence-corrected chi connectivity index (χ3v) is 5.49. The van der Waals surface area contributed by atoms with Gasteiger partial charge >= 0.3 is 0 Å². The van der Waals surface area contributed by atoms with E-state index in [1.165, 1.54) is 23.5 Å². The normalized spacial score (nSPS) is 20.4. The fourth-order valence-electron chi connectivity index (χ4n) is 3.23. The van der Waals surface area contributed by atoms with Crippen LogP contribution in [0.15, 0.2) is 35.7 Å². The maximum absolute atomic E-state index is 10.5. The van der Waals surface area contributed by atoms with Crippen molar-refractivity contribution in [3.8, 4) is 0 Å². The molecule has 0 aliphatic carbocycles. The number of aryl methyl sites for hydroxylation is 1. The number of hydrogen-bond donors (Lipinski definition) is 1. The molecule has 4 heteroatoms. The van der Waals surface area contributed by atoms with Gasteiger partial charge in [-0.2, -0.15) is 0 Å². The molecule has 0 saturated carbocycles. The van der Waals surface area contributed by atoms with E-state index >= 15 is 0 Å². The van der Waals surface area contributed by atoms with Crippen LogP contribution in [0.5, 0.6) is 0 Å². The molecule has 1 aliphatic heterocycles. The molecule has 3 nitrogen and oxygen atoms in total. The molecule has 2 atom stereocenters. The molecule has 1 saturated heterocycles. The summed E-state index contributed by atoms with van der Waals surface area (Å²) in [5.74, 6) is 0. The van der Waals surface area contributed by atoms with Gasteiger partial charge in [-0.05, 0) is 37.8 Å². The lowest BCUT2D eigenvalue weighted by Gasteiger charge is -2.25. The predicted molar refractivity (Wildman–Crippen MR) is 90.9 cm³/mol. The molecule has 118 valence electrons. The quantitative estimate of drug-likeness (QED) is 0.881. The number of thiazole rings is 1. The first-order chi connectivity index (χ1) is 10.8. The minimum Gasteiger partial charge on any atom is -0.388 e. The number of benzene rings is 1. The van der Waals surface area contributed by atoms with Gasteiger partial charge in [0.15, 0.2) is 0 Å². The fourth-order valence-corrected chi connectivity index (χ4v) is 3.97. The molecule has 1 fully saturated rings. The number of likely N-dealkylation sites (tertiary alicyclic amines) is 1. The summed E-state index contributed by atoms with van der Waals surface area (Å²) in [6.07, 6.45) is 3.86. The summed E-state index contributed by atoms with van der Waals surface area (Å²) in [4.78, 5) is 7.17. The number of hydrogen-bond acceptors (Lipinski definition) is 4. The molecule has 22 heavy (non-hydrogen) atoms. The molecular formula is C18H24N2OS. The smallest absolute Gasteiger partial charge is 0.0926 e. The second kappa shape index (κ2) is 7.36. The van der Waals surface area contributed by atoms with E-state index in [4.69, 9.17) is 0 Å². The molecule has 0 radical (unpaired) electrons. The Labute approximate surface area is 136 Å². The highest BCUT2D eigenvalue weighted by Crippen LogP contribution is 2.28. The Bertz CT molecular complexity index is 584. The summed E-state index contributed by atoms with van der Waals surface area (Å²) in [5, 5.41) is 13.9. The van der Waals surface area contributed by atoms with Crippen molar-refractivity contribution in [1.29, 1.82) is 0 Å². The van der Waals surface area contributed by atoms with Gasteiger partial charge in [-0.1, -0.05) is 37.3 Å². The van der Waals surface area contributed by atoms with Crippen LogP contribution in [-0.4, -0.2) is 27.6 Å². The van der Waals surface area contributed by atoms with Gasteiger partial charge < -0.3 is 5.11 Å². The molecule has 3 rings (SSSR count). The third kappa shape index (κ3) is 3.75. The number of rotatable bonds is 6. The predicted octanol–water partition coefficient (Wildman–Crippen LogP) is 3.79. The minimum absolute atomic E-state index is 0.367. The van der Waals surface area contributed by atoms with Crippen molar-refractivity contribution >= 4 is 11.3 Å². The Hall–Kier alpha value is -1.23. The van der Waals surface area contributed by atoms with Crippen LogP contribution in [0.25, 0.3) is 0 Å². The number of aliphatic hydroxyl groups excluding tert-OH is 1. The van der Waals surface area contributed by atoms with E-state index in [1.54, 1.807) is 11.3 Å². The van der Waals surface area contributed by atoms with Gasteiger partial charge in [-0.15, -0.1) is 11.3 Å². The SMILES string of the molecule is CCc1nc(CN2CCCC2CC(O)c2ccccc2)cs1. The molecule has 1 aromatic heterocycles. The highest BCUT2D eigenvalue weighted by Gasteiger charge is 2.27. The van der Waals surface area contributed by atoms with E-state index < -0.39 is 0 Å². The van der Waals surface area contributed by atoms with Gasteiger partial charge in [0.2, 0.25) is 0 Å². The summed E-state index contributed by atoms with van der Waals surface area (Å²) in [5.41, 5.74) is 2.21. The van der Waals surface area contributed by atoms with Gasteiger partial charge in [-0.25, -0.2) is 4.98 Å². The van der Waals surface area contributed by atoms with E-state index in [-0.39, 0.29) is 6.10 Å². The summed E-state index contributed by atoms with van der Waals surface area (Å²) >= 11 is 1.76. The molecule has 1 aliphatic rings. The van der Waals surface area contributed by atoms with Crippen LogP contribution in [0.1, 0.15) is 48.6 Å². The van der Waals surface area contributed by atoms with Crippen LogP contribution in [0.2, 0.25) is 0 Å². The Kier molecular flexibility index (Phi) is 5.24.